The number of hydrogen-bond acceptors (Lipinski definition) is 1. The third-order valence-electron chi connectivity index (χ3n) is 3.28. The van der Waals surface area contributed by atoms with Gasteiger partial charge in [0.1, 0.15) is 0 Å². The average Bonchev–Trinajstić information content (AvgIpc) is 2.08. The molecule has 0 amide bonds. The number of hydrogen-bond donors (Lipinski definition) is 1. The molecular weight excluding hydrogens is 182 g/mol. The Morgan fingerprint density at radius 3 is 1.73 bits per heavy atom. The summed E-state index contributed by atoms with van der Waals surface area (Å²) in [5.41, 5.74) is 0. The van der Waals surface area contributed by atoms with Crippen LogP contribution in [0.2, 0.25) is 0 Å². The first kappa shape index (κ1) is 15.0. The second kappa shape index (κ2) is 7.27. The predicted molar refractivity (Wildman–Crippen MR) is 70.0 cm³/mol. The van der Waals surface area contributed by atoms with Crippen LogP contribution < -0.4 is 5.32 Å². The van der Waals surface area contributed by atoms with Crippen molar-refractivity contribution in [2.75, 3.05) is 13.1 Å². The maximum Gasteiger partial charge on any atom is -0.00153 e. The van der Waals surface area contributed by atoms with Gasteiger partial charge in [-0.05, 0) is 42.7 Å². The van der Waals surface area contributed by atoms with Gasteiger partial charge in [0.15, 0.2) is 0 Å². The summed E-state index contributed by atoms with van der Waals surface area (Å²) in [6.07, 6.45) is 0. The second-order valence-corrected chi connectivity index (χ2v) is 6.13. The summed E-state index contributed by atoms with van der Waals surface area (Å²) < 4.78 is 0. The van der Waals surface area contributed by atoms with Crippen LogP contribution in [0.15, 0.2) is 0 Å². The minimum Gasteiger partial charge on any atom is -0.316 e. The molecule has 1 aliphatic rings. The van der Waals surface area contributed by atoms with Crippen LogP contribution in [0.3, 0.4) is 0 Å². The van der Waals surface area contributed by atoms with Crippen LogP contribution in [0, 0.1) is 29.6 Å². The fourth-order valence-corrected chi connectivity index (χ4v) is 2.11. The highest BCUT2D eigenvalue weighted by Gasteiger charge is 2.28. The zero-order valence-corrected chi connectivity index (χ0v) is 11.8. The van der Waals surface area contributed by atoms with E-state index in [4.69, 9.17) is 0 Å². The van der Waals surface area contributed by atoms with Crippen molar-refractivity contribution >= 4 is 0 Å². The molecule has 1 nitrogen and oxygen atoms in total. The summed E-state index contributed by atoms with van der Waals surface area (Å²) in [6.45, 7) is 18.4. The Bertz CT molecular complexity index is 149. The molecule has 1 fully saturated rings. The number of rotatable bonds is 1. The van der Waals surface area contributed by atoms with Gasteiger partial charge in [0, 0.05) is 0 Å². The van der Waals surface area contributed by atoms with E-state index in [9.17, 15) is 0 Å². The van der Waals surface area contributed by atoms with Gasteiger partial charge >= 0.3 is 0 Å². The SMILES string of the molecule is CC(C)C.CC(C)C1CNCC(C)C1C. The summed E-state index contributed by atoms with van der Waals surface area (Å²) >= 11 is 0. The minimum absolute atomic E-state index is 0.833. The number of nitrogens with one attached hydrogen (secondary N) is 1. The molecule has 15 heavy (non-hydrogen) atoms. The van der Waals surface area contributed by atoms with Gasteiger partial charge in [-0.3, -0.25) is 0 Å². The van der Waals surface area contributed by atoms with E-state index in [0.29, 0.717) is 0 Å². The Balaban J connectivity index is 0.000000423. The van der Waals surface area contributed by atoms with Crippen molar-refractivity contribution in [3.63, 3.8) is 0 Å². The van der Waals surface area contributed by atoms with Crippen LogP contribution in [0.25, 0.3) is 0 Å². The van der Waals surface area contributed by atoms with Crippen molar-refractivity contribution in [2.24, 2.45) is 29.6 Å². The van der Waals surface area contributed by atoms with Crippen LogP contribution in [0.5, 0.6) is 0 Å². The fourth-order valence-electron chi connectivity index (χ4n) is 2.11. The van der Waals surface area contributed by atoms with E-state index in [1.807, 2.05) is 0 Å². The molecule has 1 rings (SSSR count). The van der Waals surface area contributed by atoms with Crippen LogP contribution in [-0.2, 0) is 0 Å². The highest BCUT2D eigenvalue weighted by Crippen LogP contribution is 2.28. The monoisotopic (exact) mass is 213 g/mol. The molecule has 0 radical (unpaired) electrons. The van der Waals surface area contributed by atoms with Gasteiger partial charge in [0.2, 0.25) is 0 Å². The smallest absolute Gasteiger partial charge is 0.00153 e. The van der Waals surface area contributed by atoms with E-state index in [1.165, 1.54) is 13.1 Å². The third-order valence-corrected chi connectivity index (χ3v) is 3.28. The molecule has 0 bridgehead atoms. The highest BCUT2D eigenvalue weighted by molar-refractivity contribution is 4.81. The van der Waals surface area contributed by atoms with E-state index in [-0.39, 0.29) is 0 Å². The molecule has 0 aromatic heterocycles. The maximum atomic E-state index is 3.50. The molecule has 0 saturated carbocycles. The van der Waals surface area contributed by atoms with E-state index in [1.54, 1.807) is 0 Å². The van der Waals surface area contributed by atoms with Crippen LogP contribution >= 0.6 is 0 Å². The van der Waals surface area contributed by atoms with Crippen molar-refractivity contribution < 1.29 is 0 Å². The van der Waals surface area contributed by atoms with E-state index in [2.05, 4.69) is 53.8 Å². The van der Waals surface area contributed by atoms with Gasteiger partial charge < -0.3 is 5.32 Å². The first-order chi connectivity index (χ1) is 6.86. The Kier molecular flexibility index (Phi) is 7.25. The van der Waals surface area contributed by atoms with Gasteiger partial charge in [-0.1, -0.05) is 48.5 Å². The largest absolute Gasteiger partial charge is 0.316 e. The van der Waals surface area contributed by atoms with Crippen LogP contribution in [-0.4, -0.2) is 13.1 Å². The van der Waals surface area contributed by atoms with Crippen molar-refractivity contribution in [3.8, 4) is 0 Å². The Labute approximate surface area is 97.0 Å². The van der Waals surface area contributed by atoms with E-state index < -0.39 is 0 Å². The van der Waals surface area contributed by atoms with Crippen LogP contribution in [0.4, 0.5) is 0 Å². The molecule has 3 unspecified atom stereocenters. The van der Waals surface area contributed by atoms with Crippen LogP contribution in [0.1, 0.15) is 48.5 Å². The molecule has 1 saturated heterocycles. The van der Waals surface area contributed by atoms with Crippen molar-refractivity contribution in [3.05, 3.63) is 0 Å². The first-order valence-electron chi connectivity index (χ1n) is 6.57. The molecule has 1 N–H and O–H groups in total. The summed E-state index contributed by atoms with van der Waals surface area (Å²) in [6, 6.07) is 0. The lowest BCUT2D eigenvalue weighted by Crippen LogP contribution is -2.43. The normalized spacial score (nSPS) is 31.4. The molecule has 0 aliphatic carbocycles. The number of piperidine rings is 1. The lowest BCUT2D eigenvalue weighted by Gasteiger charge is -2.37. The van der Waals surface area contributed by atoms with Crippen molar-refractivity contribution in [2.45, 2.75) is 48.5 Å². The lowest BCUT2D eigenvalue weighted by molar-refractivity contribution is 0.156. The fraction of sp³-hybridized carbons (Fsp3) is 1.00. The molecule has 1 heterocycles. The van der Waals surface area contributed by atoms with E-state index >= 15 is 0 Å². The second-order valence-electron chi connectivity index (χ2n) is 6.13. The molecule has 1 aliphatic heterocycles. The Morgan fingerprint density at radius 1 is 0.933 bits per heavy atom. The summed E-state index contributed by atoms with van der Waals surface area (Å²) in [4.78, 5) is 0. The zero-order chi connectivity index (χ0) is 12.0. The molecule has 1 heteroatoms. The van der Waals surface area contributed by atoms with Gasteiger partial charge in [-0.15, -0.1) is 0 Å². The molecule has 0 aromatic rings. The molecule has 0 spiro atoms. The lowest BCUT2D eigenvalue weighted by atomic mass is 9.75. The summed E-state index contributed by atoms with van der Waals surface area (Å²) in [5, 5.41) is 3.50. The average molecular weight is 213 g/mol. The molecule has 3 atom stereocenters. The van der Waals surface area contributed by atoms with Gasteiger partial charge in [0.05, 0.1) is 0 Å². The molecular formula is C14H31N. The summed E-state index contributed by atoms with van der Waals surface area (Å²) in [5.74, 6) is 4.31. The zero-order valence-electron chi connectivity index (χ0n) is 11.8. The van der Waals surface area contributed by atoms with Crippen molar-refractivity contribution in [1.82, 2.24) is 5.32 Å². The standard InChI is InChI=1S/C10H21N.C4H10/c1-7(2)10-6-11-5-8(3)9(10)4;1-4(2)3/h7-11H,5-6H2,1-4H3;4H,1-3H3. The van der Waals surface area contributed by atoms with Gasteiger partial charge in [-0.25, -0.2) is 0 Å². The predicted octanol–water partition coefficient (Wildman–Crippen LogP) is 3.80. The van der Waals surface area contributed by atoms with E-state index in [0.717, 1.165) is 29.6 Å². The highest BCUT2D eigenvalue weighted by atomic mass is 14.9. The molecule has 0 aromatic carbocycles. The quantitative estimate of drug-likeness (QED) is 0.698. The van der Waals surface area contributed by atoms with Gasteiger partial charge in [0.25, 0.3) is 0 Å². The van der Waals surface area contributed by atoms with Crippen molar-refractivity contribution in [1.29, 1.82) is 0 Å². The Hall–Kier alpha value is -0.0400. The third kappa shape index (κ3) is 6.19. The maximum absolute atomic E-state index is 3.50. The minimum atomic E-state index is 0.833. The Morgan fingerprint density at radius 2 is 1.40 bits per heavy atom. The van der Waals surface area contributed by atoms with Gasteiger partial charge in [-0.2, -0.15) is 0 Å². The molecule has 92 valence electrons. The first-order valence-corrected chi connectivity index (χ1v) is 6.57. The summed E-state index contributed by atoms with van der Waals surface area (Å²) in [7, 11) is 0. The topological polar surface area (TPSA) is 12.0 Å².